The predicted molar refractivity (Wildman–Crippen MR) is 64.6 cm³/mol. The Morgan fingerprint density at radius 3 is 3.00 bits per heavy atom. The van der Waals surface area contributed by atoms with Crippen molar-refractivity contribution in [1.82, 2.24) is 5.32 Å². The third-order valence-corrected chi connectivity index (χ3v) is 3.31. The molecule has 1 atom stereocenters. The van der Waals surface area contributed by atoms with E-state index in [1.165, 1.54) is 0 Å². The summed E-state index contributed by atoms with van der Waals surface area (Å²) in [6.45, 7) is 1.40. The molecule has 0 fully saturated rings. The van der Waals surface area contributed by atoms with Gasteiger partial charge in [-0.1, -0.05) is 6.07 Å². The van der Waals surface area contributed by atoms with Gasteiger partial charge in [0.2, 0.25) is 0 Å². The zero-order chi connectivity index (χ0) is 11.2. The van der Waals surface area contributed by atoms with Crippen LogP contribution in [0.2, 0.25) is 0 Å². The Bertz CT molecular complexity index is 383. The molecule has 0 bridgehead atoms. The van der Waals surface area contributed by atoms with Crippen LogP contribution in [0.4, 0.5) is 0 Å². The molecule has 0 saturated heterocycles. The van der Waals surface area contributed by atoms with Crippen molar-refractivity contribution >= 4 is 11.3 Å². The van der Waals surface area contributed by atoms with E-state index in [1.54, 1.807) is 17.6 Å². The highest BCUT2D eigenvalue weighted by Gasteiger charge is 2.07. The first-order valence-electron chi connectivity index (χ1n) is 5.31. The molecule has 0 aromatic carbocycles. The first-order chi connectivity index (χ1) is 7.86. The second-order valence-corrected chi connectivity index (χ2v) is 4.54. The fourth-order valence-electron chi connectivity index (χ4n) is 1.49. The molecule has 0 aliphatic rings. The maximum Gasteiger partial charge on any atom is 0.105 e. The van der Waals surface area contributed by atoms with E-state index in [1.807, 2.05) is 29.6 Å². The maximum atomic E-state index is 9.79. The highest BCUT2D eigenvalue weighted by atomic mass is 32.1. The lowest BCUT2D eigenvalue weighted by Gasteiger charge is -2.09. The summed E-state index contributed by atoms with van der Waals surface area (Å²) >= 11 is 1.58. The van der Waals surface area contributed by atoms with Gasteiger partial charge >= 0.3 is 0 Å². The lowest BCUT2D eigenvalue weighted by Crippen LogP contribution is -2.23. The smallest absolute Gasteiger partial charge is 0.105 e. The van der Waals surface area contributed by atoms with Crippen LogP contribution in [0.25, 0.3) is 0 Å². The van der Waals surface area contributed by atoms with Crippen LogP contribution in [0, 0.1) is 0 Å². The summed E-state index contributed by atoms with van der Waals surface area (Å²) < 4.78 is 5.21. The first-order valence-corrected chi connectivity index (χ1v) is 6.19. The number of hydrogen-bond donors (Lipinski definition) is 2. The minimum absolute atomic E-state index is 0.406. The Labute approximate surface area is 98.7 Å². The van der Waals surface area contributed by atoms with Gasteiger partial charge in [0.15, 0.2) is 0 Å². The zero-order valence-corrected chi connectivity index (χ0v) is 9.74. The van der Waals surface area contributed by atoms with Crippen LogP contribution in [0.15, 0.2) is 40.3 Å². The van der Waals surface area contributed by atoms with E-state index in [0.29, 0.717) is 6.54 Å². The molecule has 3 nitrogen and oxygen atoms in total. The van der Waals surface area contributed by atoms with Crippen LogP contribution < -0.4 is 5.32 Å². The highest BCUT2D eigenvalue weighted by Crippen LogP contribution is 2.17. The lowest BCUT2D eigenvalue weighted by molar-refractivity contribution is 0.178. The Kier molecular flexibility index (Phi) is 4.16. The fourth-order valence-corrected chi connectivity index (χ4v) is 2.20. The molecule has 4 heteroatoms. The van der Waals surface area contributed by atoms with Crippen LogP contribution in [0.3, 0.4) is 0 Å². The number of furan rings is 1. The van der Waals surface area contributed by atoms with Gasteiger partial charge in [-0.15, -0.1) is 11.3 Å². The zero-order valence-electron chi connectivity index (χ0n) is 8.93. The molecular weight excluding hydrogens is 222 g/mol. The summed E-state index contributed by atoms with van der Waals surface area (Å²) in [5, 5.41) is 15.0. The number of nitrogens with one attached hydrogen (secondary N) is 1. The van der Waals surface area contributed by atoms with E-state index in [2.05, 4.69) is 5.32 Å². The Morgan fingerprint density at radius 1 is 1.38 bits per heavy atom. The van der Waals surface area contributed by atoms with Crippen LogP contribution in [-0.2, 0) is 6.42 Å². The third kappa shape index (κ3) is 3.20. The van der Waals surface area contributed by atoms with Gasteiger partial charge in [-0.2, -0.15) is 0 Å². The van der Waals surface area contributed by atoms with Gasteiger partial charge < -0.3 is 14.8 Å². The minimum Gasteiger partial charge on any atom is -0.469 e. The van der Waals surface area contributed by atoms with E-state index in [-0.39, 0.29) is 0 Å². The Balaban J connectivity index is 1.65. The molecule has 86 valence electrons. The van der Waals surface area contributed by atoms with Crippen molar-refractivity contribution in [2.75, 3.05) is 13.1 Å². The van der Waals surface area contributed by atoms with E-state index in [0.717, 1.165) is 23.6 Å². The van der Waals surface area contributed by atoms with Crippen molar-refractivity contribution in [3.8, 4) is 0 Å². The fraction of sp³-hybridized carbons (Fsp3) is 0.333. The van der Waals surface area contributed by atoms with E-state index in [4.69, 9.17) is 4.42 Å². The van der Waals surface area contributed by atoms with Crippen molar-refractivity contribution in [3.63, 3.8) is 0 Å². The van der Waals surface area contributed by atoms with Crippen molar-refractivity contribution in [2.24, 2.45) is 0 Å². The van der Waals surface area contributed by atoms with Gasteiger partial charge in [0.25, 0.3) is 0 Å². The molecule has 0 aliphatic carbocycles. The molecular formula is C12H15NO2S. The van der Waals surface area contributed by atoms with Crippen molar-refractivity contribution < 1.29 is 9.52 Å². The lowest BCUT2D eigenvalue weighted by atomic mass is 10.3. The molecule has 0 amide bonds. The van der Waals surface area contributed by atoms with Crippen LogP contribution in [0.1, 0.15) is 16.7 Å². The Morgan fingerprint density at radius 2 is 2.31 bits per heavy atom. The molecule has 0 spiro atoms. The molecule has 0 radical (unpaired) electrons. The molecule has 1 unspecified atom stereocenters. The van der Waals surface area contributed by atoms with Crippen molar-refractivity contribution in [2.45, 2.75) is 12.5 Å². The van der Waals surface area contributed by atoms with Crippen molar-refractivity contribution in [3.05, 3.63) is 46.5 Å². The molecule has 2 heterocycles. The molecule has 2 N–H and O–H groups in total. The summed E-state index contributed by atoms with van der Waals surface area (Å²) in [6, 6.07) is 7.74. The molecule has 16 heavy (non-hydrogen) atoms. The maximum absolute atomic E-state index is 9.79. The average Bonchev–Trinajstić information content (AvgIpc) is 2.96. The summed E-state index contributed by atoms with van der Waals surface area (Å²) in [5.74, 6) is 0.970. The SMILES string of the molecule is OC(CNCCc1ccco1)c1cccs1. The standard InChI is InChI=1S/C12H15NO2S/c14-11(12-4-2-8-16-12)9-13-6-5-10-3-1-7-15-10/h1-4,7-8,11,13-14H,5-6,9H2. The third-order valence-electron chi connectivity index (χ3n) is 2.34. The Hall–Kier alpha value is -1.10. The van der Waals surface area contributed by atoms with Crippen LogP contribution in [-0.4, -0.2) is 18.2 Å². The van der Waals surface area contributed by atoms with E-state index in [9.17, 15) is 5.11 Å². The highest BCUT2D eigenvalue weighted by molar-refractivity contribution is 7.10. The van der Waals surface area contributed by atoms with Gasteiger partial charge in [-0.25, -0.2) is 0 Å². The second kappa shape index (κ2) is 5.84. The van der Waals surface area contributed by atoms with Crippen LogP contribution in [0.5, 0.6) is 0 Å². The predicted octanol–water partition coefficient (Wildman–Crippen LogP) is 2.21. The monoisotopic (exact) mass is 237 g/mol. The number of aliphatic hydroxyl groups excluding tert-OH is 1. The van der Waals surface area contributed by atoms with Gasteiger partial charge in [-0.05, 0) is 23.6 Å². The number of aliphatic hydroxyl groups is 1. The second-order valence-electron chi connectivity index (χ2n) is 3.56. The van der Waals surface area contributed by atoms with E-state index < -0.39 is 6.10 Å². The van der Waals surface area contributed by atoms with Gasteiger partial charge in [-0.3, -0.25) is 0 Å². The summed E-state index contributed by atoms with van der Waals surface area (Å²) in [4.78, 5) is 1.01. The topological polar surface area (TPSA) is 45.4 Å². The molecule has 2 aromatic rings. The summed E-state index contributed by atoms with van der Waals surface area (Å²) in [6.07, 6.45) is 2.12. The number of hydrogen-bond acceptors (Lipinski definition) is 4. The average molecular weight is 237 g/mol. The first kappa shape index (κ1) is 11.4. The van der Waals surface area contributed by atoms with Crippen LogP contribution >= 0.6 is 11.3 Å². The van der Waals surface area contributed by atoms with Gasteiger partial charge in [0, 0.05) is 24.4 Å². The number of rotatable bonds is 6. The van der Waals surface area contributed by atoms with Crippen molar-refractivity contribution in [1.29, 1.82) is 0 Å². The minimum atomic E-state index is -0.406. The summed E-state index contributed by atoms with van der Waals surface area (Å²) in [5.41, 5.74) is 0. The molecule has 2 aromatic heterocycles. The largest absolute Gasteiger partial charge is 0.469 e. The summed E-state index contributed by atoms with van der Waals surface area (Å²) in [7, 11) is 0. The number of thiophene rings is 1. The molecule has 0 aliphatic heterocycles. The quantitative estimate of drug-likeness (QED) is 0.757. The van der Waals surface area contributed by atoms with Gasteiger partial charge in [0.05, 0.1) is 6.26 Å². The normalized spacial score (nSPS) is 12.8. The molecule has 0 saturated carbocycles. The molecule has 2 rings (SSSR count). The van der Waals surface area contributed by atoms with E-state index >= 15 is 0 Å². The van der Waals surface area contributed by atoms with Gasteiger partial charge in [0.1, 0.15) is 11.9 Å².